The van der Waals surface area contributed by atoms with Gasteiger partial charge < -0.3 is 4.90 Å². The molecular weight excluding hydrogens is 308 g/mol. The van der Waals surface area contributed by atoms with Gasteiger partial charge in [-0.2, -0.15) is 0 Å². The largest absolute Gasteiger partial charge is 0.308 e. The van der Waals surface area contributed by atoms with Crippen molar-refractivity contribution >= 4 is 11.6 Å². The Labute approximate surface area is 150 Å². The van der Waals surface area contributed by atoms with Crippen LogP contribution in [-0.2, 0) is 24.1 Å². The number of carbonyl (C=O) groups is 1. The second-order valence-corrected chi connectivity index (χ2v) is 7.53. The first-order valence-electron chi connectivity index (χ1n) is 9.30. The van der Waals surface area contributed by atoms with Crippen molar-refractivity contribution in [2.24, 2.45) is 0 Å². The van der Waals surface area contributed by atoms with Gasteiger partial charge in [0.25, 0.3) is 0 Å². The second-order valence-electron chi connectivity index (χ2n) is 7.53. The number of fused-ring (bicyclic) bond motifs is 2. The Kier molecular flexibility index (Phi) is 4.34. The molecule has 0 aromatic heterocycles. The maximum absolute atomic E-state index is 13.1. The molecule has 0 spiro atoms. The topological polar surface area (TPSA) is 23.6 Å². The Morgan fingerprint density at radius 1 is 1.04 bits per heavy atom. The molecule has 0 radical (unpaired) electrons. The van der Waals surface area contributed by atoms with Crippen LogP contribution in [0.25, 0.3) is 0 Å². The molecular formula is C22H26N2O. The summed E-state index contributed by atoms with van der Waals surface area (Å²) in [5.41, 5.74) is 5.27. The summed E-state index contributed by atoms with van der Waals surface area (Å²) < 4.78 is 0. The van der Waals surface area contributed by atoms with Crippen LogP contribution in [0.1, 0.15) is 30.0 Å². The number of benzene rings is 2. The highest BCUT2D eigenvalue weighted by Crippen LogP contribution is 2.31. The summed E-state index contributed by atoms with van der Waals surface area (Å²) in [6, 6.07) is 17.7. The molecule has 1 atom stereocenters. The Balaban J connectivity index is 1.47. The fourth-order valence-electron chi connectivity index (χ4n) is 4.33. The first-order valence-corrected chi connectivity index (χ1v) is 9.30. The number of nitrogens with zero attached hydrogens (tertiary/aromatic N) is 2. The molecule has 2 aromatic rings. The summed E-state index contributed by atoms with van der Waals surface area (Å²) >= 11 is 0. The van der Waals surface area contributed by atoms with Gasteiger partial charge in [-0.05, 0) is 62.4 Å². The molecule has 0 fully saturated rings. The monoisotopic (exact) mass is 334 g/mol. The predicted octanol–water partition coefficient (Wildman–Crippen LogP) is 3.45. The number of para-hydroxylation sites is 1. The van der Waals surface area contributed by atoms with Crippen molar-refractivity contribution in [3.05, 3.63) is 65.2 Å². The Hall–Kier alpha value is -2.13. The van der Waals surface area contributed by atoms with E-state index in [0.29, 0.717) is 12.6 Å². The van der Waals surface area contributed by atoms with Gasteiger partial charge in [-0.25, -0.2) is 0 Å². The van der Waals surface area contributed by atoms with E-state index >= 15 is 0 Å². The summed E-state index contributed by atoms with van der Waals surface area (Å²) in [6.07, 6.45) is 4.20. The number of amides is 1. The normalized spacial score (nSPS) is 19.8. The van der Waals surface area contributed by atoms with Gasteiger partial charge in [0.1, 0.15) is 0 Å². The molecule has 0 N–H and O–H groups in total. The summed E-state index contributed by atoms with van der Waals surface area (Å²) in [7, 11) is 2.09. The van der Waals surface area contributed by atoms with Crippen LogP contribution in [0.2, 0.25) is 0 Å². The molecule has 1 amide bonds. The molecule has 130 valence electrons. The third-order valence-electron chi connectivity index (χ3n) is 5.83. The zero-order chi connectivity index (χ0) is 17.4. The van der Waals surface area contributed by atoms with E-state index in [1.807, 2.05) is 11.0 Å². The number of likely N-dealkylation sites (N-methyl/N-ethyl adjacent to an activating group) is 1. The van der Waals surface area contributed by atoms with Crippen LogP contribution >= 0.6 is 0 Å². The predicted molar refractivity (Wildman–Crippen MR) is 102 cm³/mol. The van der Waals surface area contributed by atoms with E-state index in [4.69, 9.17) is 0 Å². The van der Waals surface area contributed by atoms with Crippen molar-refractivity contribution in [3.8, 4) is 0 Å². The number of carbonyl (C=O) groups excluding carboxylic acids is 1. The lowest BCUT2D eigenvalue weighted by Gasteiger charge is -2.37. The van der Waals surface area contributed by atoms with E-state index in [2.05, 4.69) is 61.3 Å². The highest BCUT2D eigenvalue weighted by atomic mass is 16.2. The van der Waals surface area contributed by atoms with E-state index in [9.17, 15) is 4.79 Å². The van der Waals surface area contributed by atoms with Crippen LogP contribution in [0.15, 0.2) is 48.5 Å². The molecule has 1 heterocycles. The molecule has 2 aliphatic rings. The first kappa shape index (κ1) is 16.3. The number of rotatable bonds is 3. The highest BCUT2D eigenvalue weighted by molar-refractivity contribution is 5.96. The minimum Gasteiger partial charge on any atom is -0.308 e. The fourth-order valence-corrected chi connectivity index (χ4v) is 4.33. The van der Waals surface area contributed by atoms with Crippen molar-refractivity contribution in [1.29, 1.82) is 0 Å². The van der Waals surface area contributed by atoms with Crippen LogP contribution in [0.4, 0.5) is 5.69 Å². The Morgan fingerprint density at radius 3 is 2.32 bits per heavy atom. The SMILES string of the molecule is C[C@H]1CCc2ccccc2N1C(=O)CN(C)C1Cc2ccccc2C1. The van der Waals surface area contributed by atoms with Gasteiger partial charge >= 0.3 is 0 Å². The molecule has 3 nitrogen and oxygen atoms in total. The van der Waals surface area contributed by atoms with Crippen molar-refractivity contribution in [2.45, 2.75) is 44.7 Å². The quantitative estimate of drug-likeness (QED) is 0.858. The fraction of sp³-hybridized carbons (Fsp3) is 0.409. The zero-order valence-electron chi connectivity index (χ0n) is 15.1. The second kappa shape index (κ2) is 6.64. The molecule has 1 aliphatic carbocycles. The van der Waals surface area contributed by atoms with Gasteiger partial charge in [0.15, 0.2) is 0 Å². The lowest BCUT2D eigenvalue weighted by molar-refractivity contribution is -0.120. The molecule has 0 saturated heterocycles. The van der Waals surface area contributed by atoms with Crippen LogP contribution in [0, 0.1) is 0 Å². The van der Waals surface area contributed by atoms with Gasteiger partial charge in [0.2, 0.25) is 5.91 Å². The molecule has 2 aromatic carbocycles. The lowest BCUT2D eigenvalue weighted by atomic mass is 9.96. The van der Waals surface area contributed by atoms with Crippen molar-refractivity contribution in [3.63, 3.8) is 0 Å². The van der Waals surface area contributed by atoms with Crippen molar-refractivity contribution < 1.29 is 4.79 Å². The average molecular weight is 334 g/mol. The molecule has 0 unspecified atom stereocenters. The Bertz CT molecular complexity index is 760. The highest BCUT2D eigenvalue weighted by Gasteiger charge is 2.31. The zero-order valence-corrected chi connectivity index (χ0v) is 15.1. The van der Waals surface area contributed by atoms with Gasteiger partial charge in [0, 0.05) is 17.8 Å². The van der Waals surface area contributed by atoms with Crippen molar-refractivity contribution in [1.82, 2.24) is 4.90 Å². The number of hydrogen-bond donors (Lipinski definition) is 0. The van der Waals surface area contributed by atoms with E-state index in [1.165, 1.54) is 16.7 Å². The van der Waals surface area contributed by atoms with Gasteiger partial charge in [-0.15, -0.1) is 0 Å². The molecule has 0 saturated carbocycles. The molecule has 4 rings (SSSR count). The van der Waals surface area contributed by atoms with E-state index in [-0.39, 0.29) is 11.9 Å². The molecule has 0 bridgehead atoms. The third-order valence-corrected chi connectivity index (χ3v) is 5.83. The maximum atomic E-state index is 13.1. The van der Waals surface area contributed by atoms with Crippen LogP contribution in [0.3, 0.4) is 0 Å². The van der Waals surface area contributed by atoms with Crippen LogP contribution < -0.4 is 4.90 Å². The van der Waals surface area contributed by atoms with E-state index in [0.717, 1.165) is 31.4 Å². The van der Waals surface area contributed by atoms with E-state index in [1.54, 1.807) is 0 Å². The molecule has 25 heavy (non-hydrogen) atoms. The summed E-state index contributed by atoms with van der Waals surface area (Å²) in [4.78, 5) is 17.4. The van der Waals surface area contributed by atoms with Gasteiger partial charge in [0.05, 0.1) is 6.54 Å². The number of aryl methyl sites for hydroxylation is 1. The third kappa shape index (κ3) is 3.09. The summed E-state index contributed by atoms with van der Waals surface area (Å²) in [6.45, 7) is 2.65. The Morgan fingerprint density at radius 2 is 1.64 bits per heavy atom. The summed E-state index contributed by atoms with van der Waals surface area (Å²) in [5.74, 6) is 0.220. The average Bonchev–Trinajstić information content (AvgIpc) is 3.05. The smallest absolute Gasteiger partial charge is 0.241 e. The van der Waals surface area contributed by atoms with Gasteiger partial charge in [-0.3, -0.25) is 9.69 Å². The maximum Gasteiger partial charge on any atom is 0.241 e. The number of hydrogen-bond acceptors (Lipinski definition) is 2. The minimum absolute atomic E-state index is 0.220. The molecule has 3 heteroatoms. The van der Waals surface area contributed by atoms with Crippen molar-refractivity contribution in [2.75, 3.05) is 18.5 Å². The summed E-state index contributed by atoms with van der Waals surface area (Å²) in [5, 5.41) is 0. The number of anilines is 1. The van der Waals surface area contributed by atoms with Crippen LogP contribution in [-0.4, -0.2) is 36.5 Å². The standard InChI is InChI=1S/C22H26N2O/c1-16-11-12-17-7-5-6-10-21(17)24(16)22(25)15-23(2)20-13-18-8-3-4-9-19(18)14-20/h3-10,16,20H,11-15H2,1-2H3/t16-/m0/s1. The van der Waals surface area contributed by atoms with Gasteiger partial charge in [-0.1, -0.05) is 42.5 Å². The lowest BCUT2D eigenvalue weighted by Crippen LogP contribution is -2.48. The minimum atomic E-state index is 0.220. The van der Waals surface area contributed by atoms with E-state index < -0.39 is 0 Å². The first-order chi connectivity index (χ1) is 12.1. The van der Waals surface area contributed by atoms with Crippen LogP contribution in [0.5, 0.6) is 0 Å². The molecule has 1 aliphatic heterocycles.